The number of pyridine rings is 1. The molecule has 3 aromatic rings. The molecule has 1 aromatic carbocycles. The zero-order valence-electron chi connectivity index (χ0n) is 11.5. The highest BCUT2D eigenvalue weighted by atomic mass is 15.1. The quantitative estimate of drug-likeness (QED) is 0.772. The maximum atomic E-state index is 4.48. The van der Waals surface area contributed by atoms with Crippen LogP contribution in [0.4, 0.5) is 0 Å². The average molecular weight is 266 g/mol. The van der Waals surface area contributed by atoms with E-state index in [1.807, 2.05) is 24.8 Å². The van der Waals surface area contributed by atoms with Gasteiger partial charge in [0.2, 0.25) is 0 Å². The summed E-state index contributed by atoms with van der Waals surface area (Å²) in [5.41, 5.74) is 2.32. The summed E-state index contributed by atoms with van der Waals surface area (Å²) in [6.45, 7) is 3.92. The molecular formula is C16H18N4. The van der Waals surface area contributed by atoms with Gasteiger partial charge >= 0.3 is 0 Å². The van der Waals surface area contributed by atoms with Crippen LogP contribution in [0.25, 0.3) is 10.9 Å². The molecule has 0 aliphatic rings. The smallest absolute Gasteiger partial charge is 0.0946 e. The summed E-state index contributed by atoms with van der Waals surface area (Å²) < 4.78 is 2.08. The van der Waals surface area contributed by atoms with E-state index in [1.165, 1.54) is 10.9 Å². The van der Waals surface area contributed by atoms with Crippen LogP contribution < -0.4 is 5.32 Å². The fourth-order valence-electron chi connectivity index (χ4n) is 2.37. The predicted octanol–water partition coefficient (Wildman–Crippen LogP) is 2.61. The van der Waals surface area contributed by atoms with Crippen molar-refractivity contribution in [3.63, 3.8) is 0 Å². The molecule has 102 valence electrons. The first kappa shape index (κ1) is 12.8. The Kier molecular flexibility index (Phi) is 3.74. The molecular weight excluding hydrogens is 248 g/mol. The van der Waals surface area contributed by atoms with E-state index in [9.17, 15) is 0 Å². The number of imidazole rings is 1. The van der Waals surface area contributed by atoms with Crippen LogP contribution in [0.3, 0.4) is 0 Å². The Bertz CT molecular complexity index is 671. The number of benzene rings is 1. The molecule has 1 atom stereocenters. The van der Waals surface area contributed by atoms with E-state index in [1.54, 1.807) is 6.20 Å². The van der Waals surface area contributed by atoms with Crippen LogP contribution in [-0.4, -0.2) is 20.6 Å². The molecule has 0 aliphatic heterocycles. The van der Waals surface area contributed by atoms with Crippen LogP contribution in [0, 0.1) is 0 Å². The monoisotopic (exact) mass is 266 g/mol. The summed E-state index contributed by atoms with van der Waals surface area (Å²) in [4.78, 5) is 8.54. The van der Waals surface area contributed by atoms with Crippen molar-refractivity contribution in [2.45, 2.75) is 26.1 Å². The molecule has 0 unspecified atom stereocenters. The van der Waals surface area contributed by atoms with E-state index < -0.39 is 0 Å². The largest absolute Gasteiger partial charge is 0.336 e. The summed E-state index contributed by atoms with van der Waals surface area (Å²) >= 11 is 0. The topological polar surface area (TPSA) is 42.7 Å². The van der Waals surface area contributed by atoms with E-state index in [0.29, 0.717) is 6.04 Å². The molecule has 0 saturated carbocycles. The fraction of sp³-hybridized carbons (Fsp3) is 0.250. The number of hydrogen-bond donors (Lipinski definition) is 1. The highest BCUT2D eigenvalue weighted by Gasteiger charge is 2.05. The fourth-order valence-corrected chi connectivity index (χ4v) is 2.37. The van der Waals surface area contributed by atoms with Gasteiger partial charge in [0.25, 0.3) is 0 Å². The molecule has 0 amide bonds. The van der Waals surface area contributed by atoms with Gasteiger partial charge in [-0.2, -0.15) is 0 Å². The molecule has 0 aliphatic carbocycles. The van der Waals surface area contributed by atoms with Gasteiger partial charge < -0.3 is 9.88 Å². The Labute approximate surface area is 118 Å². The number of aromatic nitrogens is 3. The number of rotatable bonds is 5. The van der Waals surface area contributed by atoms with Gasteiger partial charge in [0.15, 0.2) is 0 Å². The first-order chi connectivity index (χ1) is 9.83. The minimum absolute atomic E-state index is 0.378. The van der Waals surface area contributed by atoms with Crippen molar-refractivity contribution in [1.82, 2.24) is 19.9 Å². The van der Waals surface area contributed by atoms with Crippen LogP contribution >= 0.6 is 0 Å². The summed E-state index contributed by atoms with van der Waals surface area (Å²) in [5.74, 6) is 0. The van der Waals surface area contributed by atoms with Crippen molar-refractivity contribution < 1.29 is 0 Å². The summed E-state index contributed by atoms with van der Waals surface area (Å²) in [7, 11) is 0. The standard InChI is InChI=1S/C16H18N4/c1-13(11-20-9-8-17-12-20)19-10-15-5-2-4-14-6-3-7-18-16(14)15/h2-9,12-13,19H,10-11H2,1H3/t13-/m1/s1. The van der Waals surface area contributed by atoms with Crippen molar-refractivity contribution in [2.24, 2.45) is 0 Å². The number of hydrogen-bond acceptors (Lipinski definition) is 3. The van der Waals surface area contributed by atoms with Crippen molar-refractivity contribution in [3.05, 3.63) is 60.8 Å². The molecule has 20 heavy (non-hydrogen) atoms. The second-order valence-corrected chi connectivity index (χ2v) is 5.03. The molecule has 4 nitrogen and oxygen atoms in total. The van der Waals surface area contributed by atoms with Gasteiger partial charge in [-0.1, -0.05) is 24.3 Å². The van der Waals surface area contributed by atoms with Crippen LogP contribution in [0.5, 0.6) is 0 Å². The molecule has 0 fully saturated rings. The predicted molar refractivity (Wildman–Crippen MR) is 80.3 cm³/mol. The number of para-hydroxylation sites is 1. The van der Waals surface area contributed by atoms with Gasteiger partial charge in [0, 0.05) is 43.1 Å². The maximum absolute atomic E-state index is 4.48. The van der Waals surface area contributed by atoms with Crippen molar-refractivity contribution in [1.29, 1.82) is 0 Å². The third-order valence-electron chi connectivity index (χ3n) is 3.40. The molecule has 2 heterocycles. The number of fused-ring (bicyclic) bond motifs is 1. The first-order valence-corrected chi connectivity index (χ1v) is 6.84. The molecule has 0 bridgehead atoms. The van der Waals surface area contributed by atoms with Gasteiger partial charge in [0.05, 0.1) is 11.8 Å². The minimum Gasteiger partial charge on any atom is -0.336 e. The molecule has 1 N–H and O–H groups in total. The first-order valence-electron chi connectivity index (χ1n) is 6.84. The summed E-state index contributed by atoms with van der Waals surface area (Å²) in [6.07, 6.45) is 7.48. The second kappa shape index (κ2) is 5.84. The minimum atomic E-state index is 0.378. The van der Waals surface area contributed by atoms with Crippen molar-refractivity contribution in [3.8, 4) is 0 Å². The molecule has 4 heteroatoms. The Hall–Kier alpha value is -2.20. The zero-order chi connectivity index (χ0) is 13.8. The molecule has 0 spiro atoms. The normalized spacial score (nSPS) is 12.7. The lowest BCUT2D eigenvalue weighted by molar-refractivity contribution is 0.477. The van der Waals surface area contributed by atoms with Crippen molar-refractivity contribution in [2.75, 3.05) is 0 Å². The van der Waals surface area contributed by atoms with Gasteiger partial charge in [-0.05, 0) is 18.6 Å². The van der Waals surface area contributed by atoms with Gasteiger partial charge in [0.1, 0.15) is 0 Å². The highest BCUT2D eigenvalue weighted by molar-refractivity contribution is 5.81. The lowest BCUT2D eigenvalue weighted by Gasteiger charge is -2.15. The SMILES string of the molecule is C[C@H](Cn1ccnc1)NCc1cccc2cccnc12. The Morgan fingerprint density at radius 2 is 2.10 bits per heavy atom. The Balaban J connectivity index is 1.67. The molecule has 2 aromatic heterocycles. The van der Waals surface area contributed by atoms with Gasteiger partial charge in [-0.25, -0.2) is 4.98 Å². The van der Waals surface area contributed by atoms with Crippen LogP contribution in [0.2, 0.25) is 0 Å². The highest BCUT2D eigenvalue weighted by Crippen LogP contribution is 2.15. The van der Waals surface area contributed by atoms with E-state index in [2.05, 4.69) is 51.0 Å². The Morgan fingerprint density at radius 1 is 1.20 bits per heavy atom. The third kappa shape index (κ3) is 2.86. The van der Waals surface area contributed by atoms with E-state index in [0.717, 1.165) is 18.6 Å². The Morgan fingerprint density at radius 3 is 2.95 bits per heavy atom. The van der Waals surface area contributed by atoms with E-state index >= 15 is 0 Å². The van der Waals surface area contributed by atoms with Crippen LogP contribution in [0.1, 0.15) is 12.5 Å². The summed E-state index contributed by atoms with van der Waals surface area (Å²) in [6, 6.07) is 10.8. The number of nitrogens with zero attached hydrogens (tertiary/aromatic N) is 3. The van der Waals surface area contributed by atoms with E-state index in [-0.39, 0.29) is 0 Å². The third-order valence-corrected chi connectivity index (χ3v) is 3.40. The maximum Gasteiger partial charge on any atom is 0.0946 e. The molecule has 0 radical (unpaired) electrons. The van der Waals surface area contributed by atoms with Gasteiger partial charge in [-0.15, -0.1) is 0 Å². The van der Waals surface area contributed by atoms with Crippen LogP contribution in [-0.2, 0) is 13.1 Å². The van der Waals surface area contributed by atoms with E-state index in [4.69, 9.17) is 0 Å². The van der Waals surface area contributed by atoms with Gasteiger partial charge in [-0.3, -0.25) is 4.98 Å². The lowest BCUT2D eigenvalue weighted by Crippen LogP contribution is -2.29. The van der Waals surface area contributed by atoms with Crippen LogP contribution in [0.15, 0.2) is 55.2 Å². The molecule has 0 saturated heterocycles. The summed E-state index contributed by atoms with van der Waals surface area (Å²) in [5, 5.41) is 4.73. The second-order valence-electron chi connectivity index (χ2n) is 5.03. The molecule has 3 rings (SSSR count). The zero-order valence-corrected chi connectivity index (χ0v) is 11.5. The average Bonchev–Trinajstić information content (AvgIpc) is 2.98. The number of nitrogens with one attached hydrogen (secondary N) is 1. The van der Waals surface area contributed by atoms with Crippen molar-refractivity contribution >= 4 is 10.9 Å². The lowest BCUT2D eigenvalue weighted by atomic mass is 10.1.